The molecule has 1 heterocycles. The fourth-order valence-corrected chi connectivity index (χ4v) is 3.62. The Morgan fingerprint density at radius 2 is 1.93 bits per heavy atom. The topological polar surface area (TPSA) is 41.6 Å². The number of nitrogens with one attached hydrogen (secondary N) is 1. The zero-order chi connectivity index (χ0) is 20.0. The average Bonchev–Trinajstić information content (AvgIpc) is 2.71. The number of hydrogen-bond acceptors (Lipinski definition) is 3. The summed E-state index contributed by atoms with van der Waals surface area (Å²) in [5.74, 6) is 0.902. The second-order valence-electron chi connectivity index (χ2n) is 7.56. The van der Waals surface area contributed by atoms with Crippen molar-refractivity contribution in [2.45, 2.75) is 44.9 Å². The summed E-state index contributed by atoms with van der Waals surface area (Å²) in [4.78, 5) is 14.5. The maximum atomic E-state index is 12.5. The summed E-state index contributed by atoms with van der Waals surface area (Å²) in [6.07, 6.45) is 8.98. The van der Waals surface area contributed by atoms with Crippen molar-refractivity contribution in [3.8, 4) is 0 Å². The van der Waals surface area contributed by atoms with Gasteiger partial charge in [0.25, 0.3) is 0 Å². The van der Waals surface area contributed by atoms with E-state index in [1.807, 2.05) is 35.2 Å². The van der Waals surface area contributed by atoms with Crippen LogP contribution in [0.5, 0.6) is 0 Å². The highest BCUT2D eigenvalue weighted by molar-refractivity contribution is 6.30. The second-order valence-corrected chi connectivity index (χ2v) is 8.00. The zero-order valence-corrected chi connectivity index (χ0v) is 17.8. The fraction of sp³-hybridized carbons (Fsp3) is 0.609. The van der Waals surface area contributed by atoms with Gasteiger partial charge in [-0.15, -0.1) is 6.58 Å². The number of ether oxygens (including phenoxy) is 1. The highest BCUT2D eigenvalue weighted by Gasteiger charge is 2.22. The number of hydrogen-bond donors (Lipinski definition) is 1. The first kappa shape index (κ1) is 22.9. The van der Waals surface area contributed by atoms with E-state index in [1.54, 1.807) is 0 Å². The van der Waals surface area contributed by atoms with Gasteiger partial charge < -0.3 is 15.0 Å². The van der Waals surface area contributed by atoms with Crippen LogP contribution in [0.4, 0.5) is 0 Å². The maximum absolute atomic E-state index is 12.5. The fourth-order valence-electron chi connectivity index (χ4n) is 3.50. The van der Waals surface area contributed by atoms with Crippen LogP contribution in [0.25, 0.3) is 0 Å². The van der Waals surface area contributed by atoms with Crippen LogP contribution in [-0.2, 0) is 16.0 Å². The summed E-state index contributed by atoms with van der Waals surface area (Å²) >= 11 is 5.90. The standard InChI is InChI=1S/C23H35ClN2O2/c1-2-3-13-25-14-4-5-17-28-18-12-20-10-15-26(16-11-20)23(27)19-21-6-8-22(24)9-7-21/h2,6-9,20,25H,1,3-5,10-19H2. The number of unbranched alkanes of at least 4 members (excludes halogenated alkanes) is 1. The number of halogens is 1. The van der Waals surface area contributed by atoms with Gasteiger partial charge in [0.1, 0.15) is 0 Å². The van der Waals surface area contributed by atoms with E-state index in [-0.39, 0.29) is 5.91 Å². The minimum Gasteiger partial charge on any atom is -0.381 e. The van der Waals surface area contributed by atoms with E-state index in [4.69, 9.17) is 16.3 Å². The van der Waals surface area contributed by atoms with Gasteiger partial charge in [0.05, 0.1) is 6.42 Å². The predicted octanol–water partition coefficient (Wildman–Crippen LogP) is 4.47. The lowest BCUT2D eigenvalue weighted by molar-refractivity contribution is -0.131. The van der Waals surface area contributed by atoms with E-state index >= 15 is 0 Å². The largest absolute Gasteiger partial charge is 0.381 e. The van der Waals surface area contributed by atoms with Crippen molar-refractivity contribution < 1.29 is 9.53 Å². The van der Waals surface area contributed by atoms with Crippen LogP contribution in [0.3, 0.4) is 0 Å². The molecule has 1 aromatic rings. The van der Waals surface area contributed by atoms with E-state index < -0.39 is 0 Å². The molecule has 4 nitrogen and oxygen atoms in total. The van der Waals surface area contributed by atoms with Crippen LogP contribution in [0.1, 0.15) is 44.1 Å². The zero-order valence-electron chi connectivity index (χ0n) is 17.0. The van der Waals surface area contributed by atoms with Gasteiger partial charge in [-0.3, -0.25) is 4.79 Å². The number of nitrogens with zero attached hydrogens (tertiary/aromatic N) is 1. The molecule has 0 bridgehead atoms. The molecule has 0 spiro atoms. The Balaban J connectivity index is 1.48. The smallest absolute Gasteiger partial charge is 0.226 e. The molecular weight excluding hydrogens is 372 g/mol. The van der Waals surface area contributed by atoms with E-state index in [2.05, 4.69) is 11.9 Å². The van der Waals surface area contributed by atoms with E-state index in [9.17, 15) is 4.79 Å². The van der Waals surface area contributed by atoms with Crippen LogP contribution < -0.4 is 5.32 Å². The number of rotatable bonds is 13. The van der Waals surface area contributed by atoms with Crippen LogP contribution in [-0.4, -0.2) is 50.2 Å². The number of carbonyl (C=O) groups excluding carboxylic acids is 1. The number of benzene rings is 1. The Bertz CT molecular complexity index is 568. The lowest BCUT2D eigenvalue weighted by Gasteiger charge is -2.32. The quantitative estimate of drug-likeness (QED) is 0.388. The van der Waals surface area contributed by atoms with Gasteiger partial charge in [-0.1, -0.05) is 29.8 Å². The van der Waals surface area contributed by atoms with Crippen LogP contribution in [0.2, 0.25) is 5.02 Å². The van der Waals surface area contributed by atoms with Gasteiger partial charge in [-0.2, -0.15) is 0 Å². The number of likely N-dealkylation sites (tertiary alicyclic amines) is 1. The minimum atomic E-state index is 0.221. The summed E-state index contributed by atoms with van der Waals surface area (Å²) in [6, 6.07) is 7.55. The highest BCUT2D eigenvalue weighted by atomic mass is 35.5. The average molecular weight is 407 g/mol. The monoisotopic (exact) mass is 406 g/mol. The molecule has 156 valence electrons. The normalized spacial score (nSPS) is 15.0. The molecule has 1 aromatic carbocycles. The molecule has 0 aliphatic carbocycles. The lowest BCUT2D eigenvalue weighted by Crippen LogP contribution is -2.39. The van der Waals surface area contributed by atoms with Crippen molar-refractivity contribution in [1.82, 2.24) is 10.2 Å². The summed E-state index contributed by atoms with van der Waals surface area (Å²) in [6.45, 7) is 9.22. The van der Waals surface area contributed by atoms with E-state index in [0.29, 0.717) is 17.4 Å². The van der Waals surface area contributed by atoms with Crippen molar-refractivity contribution >= 4 is 17.5 Å². The number of carbonyl (C=O) groups is 1. The second kappa shape index (κ2) is 13.8. The molecule has 28 heavy (non-hydrogen) atoms. The molecule has 0 saturated carbocycles. The number of amides is 1. The molecule has 1 N–H and O–H groups in total. The van der Waals surface area contributed by atoms with Gasteiger partial charge in [-0.05, 0) is 75.2 Å². The van der Waals surface area contributed by atoms with Crippen LogP contribution in [0, 0.1) is 5.92 Å². The molecule has 1 fully saturated rings. The van der Waals surface area contributed by atoms with Crippen LogP contribution in [0.15, 0.2) is 36.9 Å². The van der Waals surface area contributed by atoms with Gasteiger partial charge in [-0.25, -0.2) is 0 Å². The molecule has 5 heteroatoms. The first-order valence-corrected chi connectivity index (χ1v) is 11.0. The first-order valence-electron chi connectivity index (χ1n) is 10.6. The molecule has 1 aliphatic rings. The molecule has 0 unspecified atom stereocenters. The van der Waals surface area contributed by atoms with Gasteiger partial charge in [0.15, 0.2) is 0 Å². The Hall–Kier alpha value is -1.36. The Morgan fingerprint density at radius 1 is 1.18 bits per heavy atom. The third-order valence-corrected chi connectivity index (χ3v) is 5.58. The van der Waals surface area contributed by atoms with Crippen molar-refractivity contribution in [3.63, 3.8) is 0 Å². The predicted molar refractivity (Wildman–Crippen MR) is 117 cm³/mol. The molecule has 0 radical (unpaired) electrons. The van der Waals surface area contributed by atoms with Gasteiger partial charge >= 0.3 is 0 Å². The summed E-state index contributed by atoms with van der Waals surface area (Å²) < 4.78 is 5.79. The molecule has 1 aliphatic heterocycles. The van der Waals surface area contributed by atoms with Gasteiger partial charge in [0, 0.05) is 31.3 Å². The summed E-state index contributed by atoms with van der Waals surface area (Å²) in [7, 11) is 0. The van der Waals surface area contributed by atoms with Crippen molar-refractivity contribution in [1.29, 1.82) is 0 Å². The lowest BCUT2D eigenvalue weighted by atomic mass is 9.93. The van der Waals surface area contributed by atoms with E-state index in [0.717, 1.165) is 83.5 Å². The summed E-state index contributed by atoms with van der Waals surface area (Å²) in [5.41, 5.74) is 1.03. The Morgan fingerprint density at radius 3 is 2.64 bits per heavy atom. The van der Waals surface area contributed by atoms with Crippen molar-refractivity contribution in [2.24, 2.45) is 5.92 Å². The molecule has 1 saturated heterocycles. The molecule has 0 atom stereocenters. The van der Waals surface area contributed by atoms with Crippen molar-refractivity contribution in [3.05, 3.63) is 47.5 Å². The van der Waals surface area contributed by atoms with Crippen molar-refractivity contribution in [2.75, 3.05) is 39.4 Å². The Labute approximate surface area is 175 Å². The van der Waals surface area contributed by atoms with Crippen LogP contribution >= 0.6 is 11.6 Å². The summed E-state index contributed by atoms with van der Waals surface area (Å²) in [5, 5.41) is 4.10. The molecule has 0 aromatic heterocycles. The van der Waals surface area contributed by atoms with E-state index in [1.165, 1.54) is 0 Å². The Kier molecular flexibility index (Phi) is 11.3. The van der Waals surface area contributed by atoms with Gasteiger partial charge in [0.2, 0.25) is 5.91 Å². The third kappa shape index (κ3) is 9.22. The molecular formula is C23H35ClN2O2. The minimum absolute atomic E-state index is 0.221. The molecule has 1 amide bonds. The molecule has 2 rings (SSSR count). The number of piperidine rings is 1. The SMILES string of the molecule is C=CCCNCCCCOCCC1CCN(C(=O)Cc2ccc(Cl)cc2)CC1. The first-order chi connectivity index (χ1) is 13.7. The highest BCUT2D eigenvalue weighted by Crippen LogP contribution is 2.21. The maximum Gasteiger partial charge on any atom is 0.226 e. The third-order valence-electron chi connectivity index (χ3n) is 5.32.